The van der Waals surface area contributed by atoms with Crippen molar-refractivity contribution in [3.05, 3.63) is 52.8 Å². The molecule has 2 aromatic heterocycles. The van der Waals surface area contributed by atoms with Crippen LogP contribution in [0.3, 0.4) is 0 Å². The highest BCUT2D eigenvalue weighted by molar-refractivity contribution is 8.00. The standard InChI is InChI=1S/C14H11N5S2/c1-10-12(7-15)13(8-20-14-17-16-9-21-14)19(18-10)11-5-3-2-4-6-11/h2-6,9H,8H2,1H3. The van der Waals surface area contributed by atoms with E-state index in [-0.39, 0.29) is 0 Å². The smallest absolute Gasteiger partial charge is 0.174 e. The summed E-state index contributed by atoms with van der Waals surface area (Å²) in [6.07, 6.45) is 0. The summed E-state index contributed by atoms with van der Waals surface area (Å²) in [6, 6.07) is 12.1. The Morgan fingerprint density at radius 1 is 1.33 bits per heavy atom. The number of hydrogen-bond acceptors (Lipinski definition) is 6. The molecule has 1 aromatic carbocycles. The Hall–Kier alpha value is -2.17. The van der Waals surface area contributed by atoms with Gasteiger partial charge in [-0.2, -0.15) is 10.4 Å². The first-order valence-corrected chi connectivity index (χ1v) is 8.09. The molecule has 3 aromatic rings. The number of thioether (sulfide) groups is 1. The molecule has 0 saturated carbocycles. The SMILES string of the molecule is Cc1nn(-c2ccccc2)c(CSc2nncs2)c1C#N. The Morgan fingerprint density at radius 2 is 2.14 bits per heavy atom. The quantitative estimate of drug-likeness (QED) is 0.692. The third-order valence-electron chi connectivity index (χ3n) is 2.94. The van der Waals surface area contributed by atoms with Crippen molar-refractivity contribution in [1.29, 1.82) is 5.26 Å². The van der Waals surface area contributed by atoms with Crippen LogP contribution in [-0.2, 0) is 5.75 Å². The molecule has 0 N–H and O–H groups in total. The van der Waals surface area contributed by atoms with Crippen LogP contribution in [0.15, 0.2) is 40.2 Å². The van der Waals surface area contributed by atoms with E-state index in [0.29, 0.717) is 11.3 Å². The molecule has 0 fully saturated rings. The number of para-hydroxylation sites is 1. The summed E-state index contributed by atoms with van der Waals surface area (Å²) in [5.74, 6) is 0.633. The Balaban J connectivity index is 1.99. The molecule has 0 unspecified atom stereocenters. The summed E-state index contributed by atoms with van der Waals surface area (Å²) >= 11 is 3.06. The summed E-state index contributed by atoms with van der Waals surface area (Å²) < 4.78 is 2.72. The van der Waals surface area contributed by atoms with Crippen molar-refractivity contribution in [2.24, 2.45) is 0 Å². The van der Waals surface area contributed by atoms with E-state index in [0.717, 1.165) is 21.4 Å². The second-order valence-corrected chi connectivity index (χ2v) is 6.32. The number of benzene rings is 1. The average molecular weight is 313 g/mol. The maximum Gasteiger partial charge on any atom is 0.174 e. The van der Waals surface area contributed by atoms with Crippen molar-refractivity contribution < 1.29 is 0 Å². The molecule has 0 aliphatic carbocycles. The fraction of sp³-hybridized carbons (Fsp3) is 0.143. The summed E-state index contributed by atoms with van der Waals surface area (Å²) in [5.41, 5.74) is 4.93. The molecule has 0 saturated heterocycles. The average Bonchev–Trinajstić information content (AvgIpc) is 3.13. The van der Waals surface area contributed by atoms with Gasteiger partial charge in [-0.25, -0.2) is 4.68 Å². The minimum atomic E-state index is 0.633. The van der Waals surface area contributed by atoms with Crippen molar-refractivity contribution >= 4 is 23.1 Å². The monoisotopic (exact) mass is 313 g/mol. The van der Waals surface area contributed by atoms with Gasteiger partial charge in [-0.05, 0) is 19.1 Å². The van der Waals surface area contributed by atoms with Crippen LogP contribution in [0, 0.1) is 18.3 Å². The van der Waals surface area contributed by atoms with Crippen LogP contribution in [0.4, 0.5) is 0 Å². The molecule has 7 heteroatoms. The zero-order valence-corrected chi connectivity index (χ0v) is 12.9. The molecule has 0 radical (unpaired) electrons. The number of hydrogen-bond donors (Lipinski definition) is 0. The van der Waals surface area contributed by atoms with Gasteiger partial charge in [-0.15, -0.1) is 10.2 Å². The highest BCUT2D eigenvalue weighted by Crippen LogP contribution is 2.27. The van der Waals surface area contributed by atoms with Gasteiger partial charge in [0.05, 0.1) is 22.6 Å². The van der Waals surface area contributed by atoms with E-state index in [2.05, 4.69) is 21.4 Å². The summed E-state index contributed by atoms with van der Waals surface area (Å²) in [4.78, 5) is 0. The second-order valence-electron chi connectivity index (χ2n) is 4.26. The molecule has 0 aliphatic rings. The molecule has 0 atom stereocenters. The molecule has 104 valence electrons. The van der Waals surface area contributed by atoms with Crippen LogP contribution in [0.5, 0.6) is 0 Å². The van der Waals surface area contributed by atoms with Gasteiger partial charge >= 0.3 is 0 Å². The van der Waals surface area contributed by atoms with E-state index in [1.54, 1.807) is 17.3 Å². The van der Waals surface area contributed by atoms with E-state index in [9.17, 15) is 5.26 Å². The molecule has 0 spiro atoms. The molecule has 21 heavy (non-hydrogen) atoms. The number of nitriles is 1. The first kappa shape index (κ1) is 13.8. The summed E-state index contributed by atoms with van der Waals surface area (Å²) in [7, 11) is 0. The first-order valence-electron chi connectivity index (χ1n) is 6.22. The lowest BCUT2D eigenvalue weighted by Gasteiger charge is -2.06. The van der Waals surface area contributed by atoms with Crippen molar-refractivity contribution in [3.8, 4) is 11.8 Å². The van der Waals surface area contributed by atoms with Gasteiger partial charge in [0.2, 0.25) is 0 Å². The van der Waals surface area contributed by atoms with Crippen LogP contribution in [0.2, 0.25) is 0 Å². The highest BCUT2D eigenvalue weighted by atomic mass is 32.2. The van der Waals surface area contributed by atoms with Gasteiger partial charge in [-0.3, -0.25) is 0 Å². The Morgan fingerprint density at radius 3 is 2.81 bits per heavy atom. The lowest BCUT2D eigenvalue weighted by Crippen LogP contribution is -2.01. The van der Waals surface area contributed by atoms with Crippen molar-refractivity contribution in [2.45, 2.75) is 17.0 Å². The van der Waals surface area contributed by atoms with Crippen LogP contribution in [0.25, 0.3) is 5.69 Å². The minimum Gasteiger partial charge on any atom is -0.235 e. The topological polar surface area (TPSA) is 67.4 Å². The van der Waals surface area contributed by atoms with E-state index >= 15 is 0 Å². The van der Waals surface area contributed by atoms with Crippen LogP contribution < -0.4 is 0 Å². The molecule has 5 nitrogen and oxygen atoms in total. The number of aromatic nitrogens is 4. The van der Waals surface area contributed by atoms with Crippen molar-refractivity contribution in [1.82, 2.24) is 20.0 Å². The molecule has 3 rings (SSSR count). The van der Waals surface area contributed by atoms with Gasteiger partial charge in [-0.1, -0.05) is 41.3 Å². The lowest BCUT2D eigenvalue weighted by atomic mass is 10.2. The van der Waals surface area contributed by atoms with Crippen molar-refractivity contribution in [3.63, 3.8) is 0 Å². The van der Waals surface area contributed by atoms with Gasteiger partial charge in [0, 0.05) is 5.75 Å². The number of rotatable bonds is 4. The third kappa shape index (κ3) is 2.82. The van der Waals surface area contributed by atoms with Crippen LogP contribution in [-0.4, -0.2) is 20.0 Å². The van der Waals surface area contributed by atoms with E-state index < -0.39 is 0 Å². The van der Waals surface area contributed by atoms with Gasteiger partial charge in [0.25, 0.3) is 0 Å². The number of nitrogens with zero attached hydrogens (tertiary/aromatic N) is 5. The fourth-order valence-corrected chi connectivity index (χ4v) is 3.48. The predicted octanol–water partition coefficient (Wildman–Crippen LogP) is 3.20. The van der Waals surface area contributed by atoms with Crippen LogP contribution >= 0.6 is 23.1 Å². The maximum absolute atomic E-state index is 9.38. The normalized spacial score (nSPS) is 10.5. The predicted molar refractivity (Wildman–Crippen MR) is 82.5 cm³/mol. The number of aryl methyl sites for hydroxylation is 1. The Kier molecular flexibility index (Phi) is 3.99. The van der Waals surface area contributed by atoms with Gasteiger partial charge in [0.15, 0.2) is 4.34 Å². The molecule has 0 amide bonds. The third-order valence-corrected chi connectivity index (χ3v) is 4.81. The van der Waals surface area contributed by atoms with Gasteiger partial charge < -0.3 is 0 Å². The molecular weight excluding hydrogens is 302 g/mol. The van der Waals surface area contributed by atoms with E-state index in [4.69, 9.17) is 0 Å². The summed E-state index contributed by atoms with van der Waals surface area (Å²) in [5, 5.41) is 21.7. The molecule has 0 aliphatic heterocycles. The molecule has 0 bridgehead atoms. The van der Waals surface area contributed by atoms with E-state index in [1.807, 2.05) is 41.9 Å². The van der Waals surface area contributed by atoms with Gasteiger partial charge in [0.1, 0.15) is 11.6 Å². The zero-order chi connectivity index (χ0) is 14.7. The second kappa shape index (κ2) is 6.08. The zero-order valence-electron chi connectivity index (χ0n) is 11.2. The Labute approximate surface area is 130 Å². The summed E-state index contributed by atoms with van der Waals surface area (Å²) in [6.45, 7) is 1.86. The van der Waals surface area contributed by atoms with E-state index in [1.165, 1.54) is 11.3 Å². The highest BCUT2D eigenvalue weighted by Gasteiger charge is 2.16. The van der Waals surface area contributed by atoms with Crippen molar-refractivity contribution in [2.75, 3.05) is 0 Å². The largest absolute Gasteiger partial charge is 0.235 e. The minimum absolute atomic E-state index is 0.633. The Bertz CT molecular complexity index is 772. The maximum atomic E-state index is 9.38. The van der Waals surface area contributed by atoms with Crippen LogP contribution in [0.1, 0.15) is 17.0 Å². The lowest BCUT2D eigenvalue weighted by molar-refractivity contribution is 0.828. The molecular formula is C14H11N5S2. The molecule has 2 heterocycles. The first-order chi connectivity index (χ1) is 10.3. The fourth-order valence-electron chi connectivity index (χ4n) is 1.99.